The van der Waals surface area contributed by atoms with Crippen LogP contribution in [0.3, 0.4) is 0 Å². The van der Waals surface area contributed by atoms with E-state index in [0.29, 0.717) is 0 Å². The summed E-state index contributed by atoms with van der Waals surface area (Å²) in [5.41, 5.74) is 4.84. The fourth-order valence-corrected chi connectivity index (χ4v) is 5.03. The van der Waals surface area contributed by atoms with E-state index < -0.39 is 0 Å². The van der Waals surface area contributed by atoms with Crippen molar-refractivity contribution in [3.05, 3.63) is 48.6 Å². The molecule has 1 unspecified atom stereocenters. The molecule has 0 amide bonds. The van der Waals surface area contributed by atoms with Crippen LogP contribution in [0.2, 0.25) is 0 Å². The number of hydrogen-bond donors (Lipinski definition) is 0. The molecule has 0 spiro atoms. The molecule has 3 aliphatic rings. The summed E-state index contributed by atoms with van der Waals surface area (Å²) in [5.74, 6) is 0.775. The van der Waals surface area contributed by atoms with Crippen molar-refractivity contribution < 1.29 is 0 Å². The van der Waals surface area contributed by atoms with Crippen molar-refractivity contribution in [2.75, 3.05) is 39.3 Å². The minimum Gasteiger partial charge on any atom is -0.371 e. The Balaban J connectivity index is 1.38. The SMILES string of the molecule is C=C(c1cccc(C(=C)N2CCC(C)C2)c1)N1CCC(N2CCCC2)CC1. The Labute approximate surface area is 165 Å². The first-order valence-corrected chi connectivity index (χ1v) is 10.8. The maximum absolute atomic E-state index is 4.45. The predicted molar refractivity (Wildman–Crippen MR) is 115 cm³/mol. The third-order valence-electron chi connectivity index (χ3n) is 6.84. The van der Waals surface area contributed by atoms with Gasteiger partial charge in [0.25, 0.3) is 0 Å². The lowest BCUT2D eigenvalue weighted by atomic mass is 10.0. The number of piperidine rings is 1. The normalized spacial score (nSPS) is 24.6. The van der Waals surface area contributed by atoms with Crippen LogP contribution in [0.5, 0.6) is 0 Å². The summed E-state index contributed by atoms with van der Waals surface area (Å²) in [5, 5.41) is 0. The Morgan fingerprint density at radius 2 is 1.44 bits per heavy atom. The maximum Gasteiger partial charge on any atom is 0.0367 e. The lowest BCUT2D eigenvalue weighted by Gasteiger charge is -2.38. The highest BCUT2D eigenvalue weighted by Gasteiger charge is 2.27. The van der Waals surface area contributed by atoms with E-state index in [2.05, 4.69) is 59.0 Å². The summed E-state index contributed by atoms with van der Waals surface area (Å²) in [7, 11) is 0. The molecule has 3 heterocycles. The van der Waals surface area contributed by atoms with Crippen molar-refractivity contribution in [2.45, 2.75) is 45.1 Å². The van der Waals surface area contributed by atoms with Gasteiger partial charge in [-0.05, 0) is 68.3 Å². The Morgan fingerprint density at radius 3 is 2.04 bits per heavy atom. The second-order valence-electron chi connectivity index (χ2n) is 8.78. The second-order valence-corrected chi connectivity index (χ2v) is 8.78. The van der Waals surface area contributed by atoms with Crippen LogP contribution >= 0.6 is 0 Å². The molecule has 1 atom stereocenters. The number of hydrogen-bond acceptors (Lipinski definition) is 3. The highest BCUT2D eigenvalue weighted by molar-refractivity contribution is 5.69. The molecule has 146 valence electrons. The lowest BCUT2D eigenvalue weighted by molar-refractivity contribution is 0.159. The van der Waals surface area contributed by atoms with Crippen LogP contribution in [0.4, 0.5) is 0 Å². The highest BCUT2D eigenvalue weighted by atomic mass is 15.2. The van der Waals surface area contributed by atoms with Gasteiger partial charge in [0, 0.05) is 43.6 Å². The largest absolute Gasteiger partial charge is 0.371 e. The Kier molecular flexibility index (Phi) is 5.58. The zero-order valence-corrected chi connectivity index (χ0v) is 17.0. The molecule has 3 fully saturated rings. The number of likely N-dealkylation sites (tertiary alicyclic amines) is 3. The van der Waals surface area contributed by atoms with E-state index in [0.717, 1.165) is 38.1 Å². The van der Waals surface area contributed by atoms with Crippen LogP contribution in [0.15, 0.2) is 37.4 Å². The van der Waals surface area contributed by atoms with Gasteiger partial charge in [0.15, 0.2) is 0 Å². The second kappa shape index (κ2) is 8.10. The molecule has 1 aromatic rings. The van der Waals surface area contributed by atoms with E-state index in [1.807, 2.05) is 0 Å². The summed E-state index contributed by atoms with van der Waals surface area (Å²) < 4.78 is 0. The van der Waals surface area contributed by atoms with Crippen LogP contribution in [0.1, 0.15) is 50.2 Å². The Morgan fingerprint density at radius 1 is 0.852 bits per heavy atom. The molecule has 3 heteroatoms. The summed E-state index contributed by atoms with van der Waals surface area (Å²) in [6, 6.07) is 9.65. The van der Waals surface area contributed by atoms with Gasteiger partial charge in [-0.2, -0.15) is 0 Å². The number of nitrogens with zero attached hydrogens (tertiary/aromatic N) is 3. The minimum absolute atomic E-state index is 0.775. The molecule has 3 saturated heterocycles. The molecule has 0 bridgehead atoms. The van der Waals surface area contributed by atoms with Gasteiger partial charge in [-0.1, -0.05) is 38.3 Å². The standard InChI is InChI=1S/C24H35N3/c1-19-9-14-27(18-19)21(3)23-8-6-7-22(17-23)20(2)25-15-10-24(11-16-25)26-12-4-5-13-26/h6-8,17,19,24H,2-5,9-16,18H2,1H3. The molecule has 4 rings (SSSR count). The molecule has 0 aromatic heterocycles. The van der Waals surface area contributed by atoms with Gasteiger partial charge in [0.05, 0.1) is 0 Å². The van der Waals surface area contributed by atoms with Gasteiger partial charge < -0.3 is 14.7 Å². The predicted octanol–water partition coefficient (Wildman–Crippen LogP) is 4.53. The molecule has 3 aliphatic heterocycles. The average Bonchev–Trinajstić information content (AvgIpc) is 3.39. The molecule has 0 aliphatic carbocycles. The number of rotatable bonds is 5. The number of benzene rings is 1. The van der Waals surface area contributed by atoms with Crippen molar-refractivity contribution in [2.24, 2.45) is 5.92 Å². The third kappa shape index (κ3) is 4.08. The average molecular weight is 366 g/mol. The maximum atomic E-state index is 4.45. The van der Waals surface area contributed by atoms with Crippen LogP contribution in [-0.2, 0) is 0 Å². The van der Waals surface area contributed by atoms with Crippen molar-refractivity contribution in [1.29, 1.82) is 0 Å². The first kappa shape index (κ1) is 18.6. The molecular weight excluding hydrogens is 330 g/mol. The topological polar surface area (TPSA) is 9.72 Å². The lowest BCUT2D eigenvalue weighted by Crippen LogP contribution is -2.43. The molecular formula is C24H35N3. The summed E-state index contributed by atoms with van der Waals surface area (Å²) in [6.45, 7) is 18.3. The first-order chi connectivity index (χ1) is 13.1. The Bertz CT molecular complexity index is 681. The van der Waals surface area contributed by atoms with E-state index in [1.54, 1.807) is 0 Å². The third-order valence-corrected chi connectivity index (χ3v) is 6.84. The van der Waals surface area contributed by atoms with E-state index >= 15 is 0 Å². The van der Waals surface area contributed by atoms with Crippen molar-refractivity contribution >= 4 is 11.4 Å². The van der Waals surface area contributed by atoms with Crippen molar-refractivity contribution in [3.8, 4) is 0 Å². The van der Waals surface area contributed by atoms with Crippen LogP contribution in [-0.4, -0.2) is 60.0 Å². The zero-order valence-electron chi connectivity index (χ0n) is 17.0. The fourth-order valence-electron chi connectivity index (χ4n) is 5.03. The summed E-state index contributed by atoms with van der Waals surface area (Å²) in [4.78, 5) is 7.64. The van der Waals surface area contributed by atoms with Crippen LogP contribution in [0, 0.1) is 5.92 Å². The van der Waals surface area contributed by atoms with Gasteiger partial charge in [-0.25, -0.2) is 0 Å². The Hall–Kier alpha value is -1.74. The zero-order chi connectivity index (χ0) is 18.8. The van der Waals surface area contributed by atoms with E-state index in [9.17, 15) is 0 Å². The minimum atomic E-state index is 0.775. The van der Waals surface area contributed by atoms with Crippen LogP contribution < -0.4 is 0 Å². The van der Waals surface area contributed by atoms with Crippen LogP contribution in [0.25, 0.3) is 11.4 Å². The summed E-state index contributed by atoms with van der Waals surface area (Å²) >= 11 is 0. The molecule has 0 radical (unpaired) electrons. The molecule has 27 heavy (non-hydrogen) atoms. The molecule has 3 nitrogen and oxygen atoms in total. The fraction of sp³-hybridized carbons (Fsp3) is 0.583. The van der Waals surface area contributed by atoms with Gasteiger partial charge in [-0.15, -0.1) is 0 Å². The van der Waals surface area contributed by atoms with Crippen molar-refractivity contribution in [1.82, 2.24) is 14.7 Å². The van der Waals surface area contributed by atoms with Gasteiger partial charge in [-0.3, -0.25) is 0 Å². The van der Waals surface area contributed by atoms with E-state index in [4.69, 9.17) is 0 Å². The molecule has 0 saturated carbocycles. The quantitative estimate of drug-likeness (QED) is 0.759. The smallest absolute Gasteiger partial charge is 0.0367 e. The van der Waals surface area contributed by atoms with Gasteiger partial charge in [0.2, 0.25) is 0 Å². The van der Waals surface area contributed by atoms with Crippen molar-refractivity contribution in [3.63, 3.8) is 0 Å². The molecule has 1 aromatic carbocycles. The van der Waals surface area contributed by atoms with Gasteiger partial charge in [0.1, 0.15) is 0 Å². The highest BCUT2D eigenvalue weighted by Crippen LogP contribution is 2.29. The summed E-state index contributed by atoms with van der Waals surface area (Å²) in [6.07, 6.45) is 6.60. The monoisotopic (exact) mass is 365 g/mol. The van der Waals surface area contributed by atoms with Gasteiger partial charge >= 0.3 is 0 Å². The van der Waals surface area contributed by atoms with E-state index in [1.165, 1.54) is 67.7 Å². The first-order valence-electron chi connectivity index (χ1n) is 10.8. The molecule has 0 N–H and O–H groups in total. The van der Waals surface area contributed by atoms with E-state index in [-0.39, 0.29) is 0 Å².